The number of hydrogen-bond donors (Lipinski definition) is 3. The summed E-state index contributed by atoms with van der Waals surface area (Å²) in [5, 5.41) is 23.3. The van der Waals surface area contributed by atoms with Crippen LogP contribution in [0.1, 0.15) is 32.1 Å². The molecule has 1 fully saturated rings. The van der Waals surface area contributed by atoms with E-state index in [-0.39, 0.29) is 12.6 Å². The van der Waals surface area contributed by atoms with Gasteiger partial charge in [0.05, 0.1) is 5.60 Å². The lowest BCUT2D eigenvalue weighted by atomic mass is 9.85. The van der Waals surface area contributed by atoms with Gasteiger partial charge in [-0.15, -0.1) is 10.2 Å². The van der Waals surface area contributed by atoms with E-state index in [9.17, 15) is 9.90 Å². The van der Waals surface area contributed by atoms with Crippen molar-refractivity contribution in [1.29, 1.82) is 0 Å². The summed E-state index contributed by atoms with van der Waals surface area (Å²) in [5.41, 5.74) is 0.571. The zero-order valence-corrected chi connectivity index (χ0v) is 12.8. The molecule has 0 saturated heterocycles. The molecule has 23 heavy (non-hydrogen) atoms. The molecule has 1 aromatic carbocycles. The molecule has 1 saturated carbocycles. The Morgan fingerprint density at radius 3 is 2.87 bits per heavy atom. The van der Waals surface area contributed by atoms with Gasteiger partial charge in [-0.3, -0.25) is 0 Å². The molecule has 7 nitrogen and oxygen atoms in total. The van der Waals surface area contributed by atoms with Crippen LogP contribution in [0.25, 0.3) is 11.5 Å². The molecule has 0 atom stereocenters. The zero-order chi connectivity index (χ0) is 16.1. The van der Waals surface area contributed by atoms with E-state index in [0.717, 1.165) is 37.7 Å². The molecule has 2 amide bonds. The number of hydrogen-bond acceptors (Lipinski definition) is 5. The topological polar surface area (TPSA) is 100 Å². The molecule has 0 bridgehead atoms. The minimum absolute atomic E-state index is 0.266. The third kappa shape index (κ3) is 4.07. The molecule has 2 aromatic rings. The Morgan fingerprint density at radius 2 is 2.13 bits per heavy atom. The third-order valence-corrected chi connectivity index (χ3v) is 4.09. The number of benzene rings is 1. The number of carbonyl (C=O) groups excluding carboxylic acids is 1. The lowest BCUT2D eigenvalue weighted by molar-refractivity contribution is 0.00755. The summed E-state index contributed by atoms with van der Waals surface area (Å²) in [6.45, 7) is 0.266. The highest BCUT2D eigenvalue weighted by atomic mass is 16.4. The van der Waals surface area contributed by atoms with Gasteiger partial charge in [-0.25, -0.2) is 4.79 Å². The average molecular weight is 316 g/mol. The third-order valence-electron chi connectivity index (χ3n) is 4.09. The zero-order valence-electron chi connectivity index (χ0n) is 12.8. The van der Waals surface area contributed by atoms with E-state index in [4.69, 9.17) is 4.42 Å². The minimum atomic E-state index is -0.777. The summed E-state index contributed by atoms with van der Waals surface area (Å²) >= 11 is 0. The van der Waals surface area contributed by atoms with Crippen molar-refractivity contribution in [3.8, 4) is 11.5 Å². The van der Waals surface area contributed by atoms with E-state index < -0.39 is 5.60 Å². The first-order chi connectivity index (χ1) is 11.1. The highest BCUT2D eigenvalue weighted by Gasteiger charge is 2.29. The Balaban J connectivity index is 1.56. The first kappa shape index (κ1) is 15.5. The number of nitrogens with zero attached hydrogens (tertiary/aromatic N) is 2. The molecule has 7 heteroatoms. The van der Waals surface area contributed by atoms with Gasteiger partial charge >= 0.3 is 6.03 Å². The number of urea groups is 1. The second-order valence-corrected chi connectivity index (χ2v) is 5.92. The Kier molecular flexibility index (Phi) is 4.57. The molecule has 1 aromatic heterocycles. The van der Waals surface area contributed by atoms with E-state index >= 15 is 0 Å². The summed E-state index contributed by atoms with van der Waals surface area (Å²) in [4.78, 5) is 12.0. The maximum atomic E-state index is 12.0. The highest BCUT2D eigenvalue weighted by Crippen LogP contribution is 2.27. The first-order valence-corrected chi connectivity index (χ1v) is 7.78. The molecule has 3 N–H and O–H groups in total. The van der Waals surface area contributed by atoms with Crippen molar-refractivity contribution in [3.05, 3.63) is 30.7 Å². The van der Waals surface area contributed by atoms with Crippen LogP contribution in [0.15, 0.2) is 35.1 Å². The molecular formula is C16H20N4O3. The number of amides is 2. The number of aliphatic hydroxyl groups is 1. The fraction of sp³-hybridized carbons (Fsp3) is 0.438. The predicted octanol–water partition coefficient (Wildman–Crippen LogP) is 2.55. The van der Waals surface area contributed by atoms with Crippen LogP contribution in [0.4, 0.5) is 10.5 Å². The van der Waals surface area contributed by atoms with Gasteiger partial charge in [-0.05, 0) is 31.0 Å². The molecule has 1 heterocycles. The molecule has 0 spiro atoms. The Hall–Kier alpha value is -2.41. The van der Waals surface area contributed by atoms with Gasteiger partial charge in [0.1, 0.15) is 0 Å². The maximum Gasteiger partial charge on any atom is 0.319 e. The van der Waals surface area contributed by atoms with Gasteiger partial charge < -0.3 is 20.2 Å². The predicted molar refractivity (Wildman–Crippen MR) is 84.8 cm³/mol. The SMILES string of the molecule is O=C(NCC1(O)CCCCC1)Nc1cccc(-c2nnco2)c1. The molecule has 0 aliphatic heterocycles. The van der Waals surface area contributed by atoms with Gasteiger partial charge in [0.15, 0.2) is 0 Å². The largest absolute Gasteiger partial charge is 0.423 e. The van der Waals surface area contributed by atoms with E-state index in [0.29, 0.717) is 11.6 Å². The Morgan fingerprint density at radius 1 is 1.30 bits per heavy atom. The fourth-order valence-electron chi connectivity index (χ4n) is 2.84. The highest BCUT2D eigenvalue weighted by molar-refractivity contribution is 5.89. The Labute approximate surface area is 134 Å². The van der Waals surface area contributed by atoms with Gasteiger partial charge in [-0.1, -0.05) is 25.3 Å². The van der Waals surface area contributed by atoms with Crippen LogP contribution in [0.3, 0.4) is 0 Å². The number of nitrogens with one attached hydrogen (secondary N) is 2. The molecule has 0 radical (unpaired) electrons. The standard InChI is InChI=1S/C16H20N4O3/c21-15(17-10-16(22)7-2-1-3-8-16)19-13-6-4-5-12(9-13)14-20-18-11-23-14/h4-6,9,11,22H,1-3,7-8,10H2,(H2,17,19,21). The lowest BCUT2D eigenvalue weighted by Crippen LogP contribution is -2.45. The number of anilines is 1. The Bertz CT molecular complexity index is 651. The van der Waals surface area contributed by atoms with Crippen molar-refractivity contribution < 1.29 is 14.3 Å². The van der Waals surface area contributed by atoms with Crippen molar-refractivity contribution in [1.82, 2.24) is 15.5 Å². The molecular weight excluding hydrogens is 296 g/mol. The smallest absolute Gasteiger partial charge is 0.319 e. The van der Waals surface area contributed by atoms with Gasteiger partial charge in [-0.2, -0.15) is 0 Å². The lowest BCUT2D eigenvalue weighted by Gasteiger charge is -2.32. The minimum Gasteiger partial charge on any atom is -0.423 e. The summed E-state index contributed by atoms with van der Waals surface area (Å²) in [5.74, 6) is 0.394. The molecule has 1 aliphatic rings. The van der Waals surface area contributed by atoms with Gasteiger partial charge in [0.2, 0.25) is 12.3 Å². The van der Waals surface area contributed by atoms with Crippen LogP contribution in [-0.4, -0.2) is 33.5 Å². The monoisotopic (exact) mass is 316 g/mol. The van der Waals surface area contributed by atoms with Crippen LogP contribution in [0.5, 0.6) is 0 Å². The number of rotatable bonds is 4. The van der Waals surface area contributed by atoms with Gasteiger partial charge in [0, 0.05) is 17.8 Å². The summed E-state index contributed by atoms with van der Waals surface area (Å²) < 4.78 is 5.14. The quantitative estimate of drug-likeness (QED) is 0.805. The summed E-state index contributed by atoms with van der Waals surface area (Å²) in [7, 11) is 0. The number of aromatic nitrogens is 2. The second kappa shape index (κ2) is 6.78. The van der Waals surface area contributed by atoms with Crippen LogP contribution in [0.2, 0.25) is 0 Å². The van der Waals surface area contributed by atoms with Crippen LogP contribution < -0.4 is 10.6 Å². The first-order valence-electron chi connectivity index (χ1n) is 7.78. The van der Waals surface area contributed by atoms with E-state index in [1.54, 1.807) is 18.2 Å². The maximum absolute atomic E-state index is 12.0. The van der Waals surface area contributed by atoms with E-state index in [2.05, 4.69) is 20.8 Å². The van der Waals surface area contributed by atoms with E-state index in [1.807, 2.05) is 6.07 Å². The average Bonchev–Trinajstić information content (AvgIpc) is 3.09. The number of carbonyl (C=O) groups is 1. The van der Waals surface area contributed by atoms with Gasteiger partial charge in [0.25, 0.3) is 0 Å². The summed E-state index contributed by atoms with van der Waals surface area (Å²) in [6.07, 6.45) is 5.89. The van der Waals surface area contributed by atoms with E-state index in [1.165, 1.54) is 6.39 Å². The second-order valence-electron chi connectivity index (χ2n) is 5.92. The summed E-state index contributed by atoms with van der Waals surface area (Å²) in [6, 6.07) is 6.80. The van der Waals surface area contributed by atoms with Crippen molar-refractivity contribution in [2.45, 2.75) is 37.7 Å². The van der Waals surface area contributed by atoms with Crippen molar-refractivity contribution in [2.24, 2.45) is 0 Å². The molecule has 3 rings (SSSR count). The molecule has 1 aliphatic carbocycles. The van der Waals surface area contributed by atoms with Crippen LogP contribution >= 0.6 is 0 Å². The van der Waals surface area contributed by atoms with Crippen molar-refractivity contribution in [3.63, 3.8) is 0 Å². The molecule has 122 valence electrons. The molecule has 0 unspecified atom stereocenters. The van der Waals surface area contributed by atoms with Crippen LogP contribution in [-0.2, 0) is 0 Å². The fourth-order valence-corrected chi connectivity index (χ4v) is 2.84. The van der Waals surface area contributed by atoms with Crippen molar-refractivity contribution >= 4 is 11.7 Å². The van der Waals surface area contributed by atoms with Crippen molar-refractivity contribution in [2.75, 3.05) is 11.9 Å². The normalized spacial score (nSPS) is 16.7. The van der Waals surface area contributed by atoms with Crippen LogP contribution in [0, 0.1) is 0 Å².